The van der Waals surface area contributed by atoms with Gasteiger partial charge in [-0.15, -0.1) is 0 Å². The van der Waals surface area contributed by atoms with Crippen LogP contribution in [0.3, 0.4) is 0 Å². The Hall–Kier alpha value is -2.30. The van der Waals surface area contributed by atoms with Crippen LogP contribution < -0.4 is 0 Å². The average molecular weight is 539 g/mol. The van der Waals surface area contributed by atoms with E-state index in [1.807, 2.05) is 12.4 Å². The number of esters is 1. The average Bonchev–Trinajstić information content (AvgIpc) is 2.95. The monoisotopic (exact) mass is 538 g/mol. The van der Waals surface area contributed by atoms with E-state index in [1.54, 1.807) is 6.07 Å². The first-order chi connectivity index (χ1) is 19.1. The van der Waals surface area contributed by atoms with Crippen LogP contribution >= 0.6 is 0 Å². The summed E-state index contributed by atoms with van der Waals surface area (Å²) in [5.41, 5.74) is 1.67. The first-order valence-corrected chi connectivity index (χ1v) is 15.9. The maximum Gasteiger partial charge on any atom is 0.341 e. The molecular weight excluding hydrogens is 487 g/mol. The lowest BCUT2D eigenvalue weighted by molar-refractivity contribution is 0.0156. The second-order valence-corrected chi connectivity index (χ2v) is 11.6. The Labute approximate surface area is 236 Å². The smallest absolute Gasteiger partial charge is 0.341 e. The normalized spacial score (nSPS) is 17.3. The zero-order chi connectivity index (χ0) is 27.7. The van der Waals surface area contributed by atoms with Gasteiger partial charge in [-0.2, -0.15) is 0 Å². The topological polar surface area (TPSA) is 52.1 Å². The van der Waals surface area contributed by atoms with Gasteiger partial charge in [-0.3, -0.25) is 0 Å². The molecule has 0 bridgehead atoms. The Balaban J connectivity index is 1.39. The molecule has 216 valence electrons. The highest BCUT2D eigenvalue weighted by Gasteiger charge is 2.25. The third kappa shape index (κ3) is 11.4. The number of benzene rings is 1. The minimum absolute atomic E-state index is 0.0106. The molecule has 0 unspecified atom stereocenters. The summed E-state index contributed by atoms with van der Waals surface area (Å²) in [6.07, 6.45) is 26.7. The van der Waals surface area contributed by atoms with Gasteiger partial charge in [0, 0.05) is 18.0 Å². The Kier molecular flexibility index (Phi) is 14.5. The van der Waals surface area contributed by atoms with Crippen LogP contribution in [0.5, 0.6) is 0 Å². The number of ether oxygens (including phenoxy) is 1. The maximum atomic E-state index is 14.9. The van der Waals surface area contributed by atoms with Crippen molar-refractivity contribution in [3.63, 3.8) is 0 Å². The molecule has 4 nitrogen and oxygen atoms in total. The molecule has 0 radical (unpaired) electrons. The molecule has 0 amide bonds. The van der Waals surface area contributed by atoms with E-state index in [2.05, 4.69) is 23.8 Å². The highest BCUT2D eigenvalue weighted by atomic mass is 19.1. The predicted molar refractivity (Wildman–Crippen MR) is 158 cm³/mol. The minimum Gasteiger partial charge on any atom is -0.459 e. The number of hydrogen-bond donors (Lipinski definition) is 0. The van der Waals surface area contributed by atoms with Crippen molar-refractivity contribution in [1.82, 2.24) is 9.97 Å². The van der Waals surface area contributed by atoms with Gasteiger partial charge in [0.15, 0.2) is 5.82 Å². The van der Waals surface area contributed by atoms with Gasteiger partial charge in [0.05, 0.1) is 5.56 Å². The number of halogens is 1. The van der Waals surface area contributed by atoms with Crippen LogP contribution in [0.25, 0.3) is 11.4 Å². The molecule has 0 spiro atoms. The van der Waals surface area contributed by atoms with Crippen molar-refractivity contribution >= 4 is 5.97 Å². The number of unbranched alkanes of at least 4 members (excludes halogenated alkanes) is 11. The maximum absolute atomic E-state index is 14.9. The highest BCUT2D eigenvalue weighted by Crippen LogP contribution is 2.31. The van der Waals surface area contributed by atoms with E-state index < -0.39 is 11.8 Å². The summed E-state index contributed by atoms with van der Waals surface area (Å²) in [6.45, 7) is 4.49. The van der Waals surface area contributed by atoms with Crippen LogP contribution in [-0.2, 0) is 11.2 Å². The molecule has 0 aliphatic heterocycles. The fraction of sp³-hybridized carbons (Fsp3) is 0.676. The van der Waals surface area contributed by atoms with E-state index in [1.165, 1.54) is 95.6 Å². The third-order valence-corrected chi connectivity index (χ3v) is 8.25. The van der Waals surface area contributed by atoms with Gasteiger partial charge in [-0.25, -0.2) is 19.2 Å². The van der Waals surface area contributed by atoms with Crippen LogP contribution in [-0.4, -0.2) is 22.0 Å². The van der Waals surface area contributed by atoms with E-state index in [0.29, 0.717) is 11.4 Å². The van der Waals surface area contributed by atoms with Gasteiger partial charge in [0.25, 0.3) is 0 Å². The summed E-state index contributed by atoms with van der Waals surface area (Å²) in [4.78, 5) is 21.6. The zero-order valence-electron chi connectivity index (χ0n) is 24.6. The van der Waals surface area contributed by atoms with Crippen LogP contribution in [0.2, 0.25) is 0 Å². The molecule has 39 heavy (non-hydrogen) atoms. The van der Waals surface area contributed by atoms with Crippen molar-refractivity contribution in [2.75, 3.05) is 0 Å². The Morgan fingerprint density at radius 3 is 2.03 bits per heavy atom. The summed E-state index contributed by atoms with van der Waals surface area (Å²) >= 11 is 0. The largest absolute Gasteiger partial charge is 0.459 e. The molecular formula is C34H51FN2O2. The summed E-state index contributed by atoms with van der Waals surface area (Å²) in [5.74, 6) is 0.0688. The molecule has 1 aliphatic carbocycles. The van der Waals surface area contributed by atoms with Crippen molar-refractivity contribution in [3.05, 3.63) is 47.5 Å². The van der Waals surface area contributed by atoms with Crippen LogP contribution in [0.15, 0.2) is 30.6 Å². The minimum atomic E-state index is -0.579. The molecule has 0 atom stereocenters. The van der Waals surface area contributed by atoms with Crippen molar-refractivity contribution in [3.8, 4) is 11.4 Å². The molecule has 0 N–H and O–H groups in total. The fourth-order valence-electron chi connectivity index (χ4n) is 5.71. The van der Waals surface area contributed by atoms with Gasteiger partial charge in [-0.1, -0.05) is 103 Å². The van der Waals surface area contributed by atoms with Crippen LogP contribution in [0.1, 0.15) is 145 Å². The first-order valence-electron chi connectivity index (χ1n) is 15.9. The predicted octanol–water partition coefficient (Wildman–Crippen LogP) is 10.0. The van der Waals surface area contributed by atoms with E-state index in [0.717, 1.165) is 50.0 Å². The molecule has 1 saturated carbocycles. The summed E-state index contributed by atoms with van der Waals surface area (Å²) in [7, 11) is 0. The SMILES string of the molecule is CCCCCCCCCc1cnc(-c2ccc(C(=O)O[C@H]3CC[C@H](CCCCCCCC)CC3)c(F)c2)nc1. The Morgan fingerprint density at radius 2 is 1.41 bits per heavy atom. The number of carbonyl (C=O) groups excluding carboxylic acids is 1. The molecule has 1 aromatic heterocycles. The highest BCUT2D eigenvalue weighted by molar-refractivity contribution is 5.90. The number of aryl methyl sites for hydroxylation is 1. The third-order valence-electron chi connectivity index (χ3n) is 8.25. The number of hydrogen-bond acceptors (Lipinski definition) is 4. The van der Waals surface area contributed by atoms with Gasteiger partial charge in [0.2, 0.25) is 0 Å². The quantitative estimate of drug-likeness (QED) is 0.140. The molecule has 1 aliphatic rings. The molecule has 1 heterocycles. The van der Waals surface area contributed by atoms with Crippen molar-refractivity contribution in [2.24, 2.45) is 5.92 Å². The number of nitrogens with zero attached hydrogens (tertiary/aromatic N) is 2. The van der Waals surface area contributed by atoms with Gasteiger partial charge < -0.3 is 4.74 Å². The molecule has 2 aromatic rings. The summed E-state index contributed by atoms with van der Waals surface area (Å²) < 4.78 is 20.6. The lowest BCUT2D eigenvalue weighted by Gasteiger charge is -2.28. The van der Waals surface area contributed by atoms with Gasteiger partial charge in [-0.05, 0) is 62.1 Å². The lowest BCUT2D eigenvalue weighted by atomic mass is 9.84. The fourth-order valence-corrected chi connectivity index (χ4v) is 5.71. The Morgan fingerprint density at radius 1 is 0.821 bits per heavy atom. The zero-order valence-corrected chi connectivity index (χ0v) is 24.6. The lowest BCUT2D eigenvalue weighted by Crippen LogP contribution is -2.25. The number of aromatic nitrogens is 2. The van der Waals surface area contributed by atoms with Crippen molar-refractivity contribution in [2.45, 2.75) is 142 Å². The summed E-state index contributed by atoms with van der Waals surface area (Å²) in [6, 6.07) is 4.56. The first kappa shape index (κ1) is 31.2. The second kappa shape index (κ2) is 18.1. The van der Waals surface area contributed by atoms with E-state index in [9.17, 15) is 9.18 Å². The van der Waals surface area contributed by atoms with Crippen molar-refractivity contribution in [1.29, 1.82) is 0 Å². The number of rotatable bonds is 18. The van der Waals surface area contributed by atoms with E-state index in [4.69, 9.17) is 4.74 Å². The van der Waals surface area contributed by atoms with E-state index >= 15 is 0 Å². The van der Waals surface area contributed by atoms with Crippen LogP contribution in [0.4, 0.5) is 4.39 Å². The van der Waals surface area contributed by atoms with Crippen LogP contribution in [0, 0.1) is 11.7 Å². The van der Waals surface area contributed by atoms with Gasteiger partial charge in [0.1, 0.15) is 11.9 Å². The molecule has 3 rings (SSSR count). The molecule has 0 saturated heterocycles. The van der Waals surface area contributed by atoms with Gasteiger partial charge >= 0.3 is 5.97 Å². The van der Waals surface area contributed by atoms with Crippen molar-refractivity contribution < 1.29 is 13.9 Å². The Bertz CT molecular complexity index is 954. The van der Waals surface area contributed by atoms with E-state index in [-0.39, 0.29) is 11.7 Å². The molecule has 5 heteroatoms. The number of carbonyl (C=O) groups is 1. The second-order valence-electron chi connectivity index (χ2n) is 11.6. The standard InChI is InChI=1S/C34H51FN2O2/c1-3-5-7-9-11-13-15-17-28-25-36-33(37-26-28)29-20-23-31(32(35)24-29)34(38)39-30-21-18-27(19-22-30)16-14-12-10-8-6-4-2/h20,23-27,30H,3-19,21-22H2,1-2H3/t27-,30-. The molecule has 1 aromatic carbocycles. The molecule has 1 fully saturated rings. The summed E-state index contributed by atoms with van der Waals surface area (Å²) in [5, 5.41) is 0.